The molecule has 26 heavy (non-hydrogen) atoms. The summed E-state index contributed by atoms with van der Waals surface area (Å²) in [5.41, 5.74) is 1.12. The number of carboxylic acid groups (broad SMARTS) is 1. The van der Waals surface area contributed by atoms with Crippen molar-refractivity contribution >= 4 is 11.9 Å². The fourth-order valence-electron chi connectivity index (χ4n) is 3.02. The lowest BCUT2D eigenvalue weighted by atomic mass is 9.91. The van der Waals surface area contributed by atoms with E-state index in [2.05, 4.69) is 4.98 Å². The van der Waals surface area contributed by atoms with Crippen LogP contribution in [0, 0.1) is 5.92 Å². The Kier molecular flexibility index (Phi) is 5.06. The number of aromatic nitrogens is 1. The molecule has 1 N–H and O–H groups in total. The van der Waals surface area contributed by atoms with Gasteiger partial charge in [-0.1, -0.05) is 6.07 Å². The van der Waals surface area contributed by atoms with Crippen molar-refractivity contribution in [3.63, 3.8) is 0 Å². The molecule has 7 heteroatoms. The molecule has 1 aliphatic heterocycles. The lowest BCUT2D eigenvalue weighted by Crippen LogP contribution is -2.51. The Bertz CT molecular complexity index is 808. The zero-order valence-corrected chi connectivity index (χ0v) is 14.6. The Balaban J connectivity index is 1.61. The first-order valence-corrected chi connectivity index (χ1v) is 8.21. The lowest BCUT2D eigenvalue weighted by Gasteiger charge is -2.39. The maximum absolute atomic E-state index is 12.4. The normalized spacial score (nSPS) is 13.8. The fourth-order valence-corrected chi connectivity index (χ4v) is 3.02. The summed E-state index contributed by atoms with van der Waals surface area (Å²) >= 11 is 0. The van der Waals surface area contributed by atoms with Crippen LogP contribution in [0.3, 0.4) is 0 Å². The largest absolute Gasteiger partial charge is 0.497 e. The van der Waals surface area contributed by atoms with Gasteiger partial charge in [0.1, 0.15) is 22.9 Å². The van der Waals surface area contributed by atoms with Gasteiger partial charge in [0.15, 0.2) is 0 Å². The predicted octanol–water partition coefficient (Wildman–Crippen LogP) is 2.11. The van der Waals surface area contributed by atoms with Crippen molar-refractivity contribution in [2.24, 2.45) is 5.92 Å². The Morgan fingerprint density at radius 2 is 1.73 bits per heavy atom. The highest BCUT2D eigenvalue weighted by Crippen LogP contribution is 2.27. The van der Waals surface area contributed by atoms with Gasteiger partial charge in [-0.3, -0.25) is 4.79 Å². The highest BCUT2D eigenvalue weighted by atomic mass is 16.5. The molecule has 2 aromatic rings. The molecule has 0 atom stereocenters. The number of nitrogens with zero attached hydrogens (tertiary/aromatic N) is 2. The summed E-state index contributed by atoms with van der Waals surface area (Å²) in [6.07, 6.45) is 0.805. The Labute approximate surface area is 151 Å². The van der Waals surface area contributed by atoms with Crippen LogP contribution in [-0.2, 0) is 6.42 Å². The van der Waals surface area contributed by atoms with Crippen molar-refractivity contribution in [2.75, 3.05) is 27.3 Å². The number of likely N-dealkylation sites (tertiary alicyclic amines) is 1. The summed E-state index contributed by atoms with van der Waals surface area (Å²) in [4.78, 5) is 29.0. The van der Waals surface area contributed by atoms with Crippen LogP contribution in [0.25, 0.3) is 0 Å². The van der Waals surface area contributed by atoms with E-state index in [1.165, 1.54) is 18.2 Å². The van der Waals surface area contributed by atoms with Gasteiger partial charge in [-0.2, -0.15) is 0 Å². The summed E-state index contributed by atoms with van der Waals surface area (Å²) in [5, 5.41) is 8.98. The first kappa shape index (κ1) is 17.7. The minimum atomic E-state index is -1.15. The molecule has 2 heterocycles. The van der Waals surface area contributed by atoms with Crippen LogP contribution >= 0.6 is 0 Å². The van der Waals surface area contributed by atoms with Crippen LogP contribution in [0.1, 0.15) is 26.5 Å². The number of carbonyl (C=O) groups is 2. The molecule has 1 saturated heterocycles. The summed E-state index contributed by atoms with van der Waals surface area (Å²) in [6.45, 7) is 1.22. The number of ether oxygens (including phenoxy) is 2. The number of benzene rings is 1. The number of hydrogen-bond acceptors (Lipinski definition) is 5. The molecule has 0 saturated carbocycles. The van der Waals surface area contributed by atoms with Gasteiger partial charge in [0.05, 0.1) is 14.2 Å². The maximum atomic E-state index is 12.4. The van der Waals surface area contributed by atoms with Crippen molar-refractivity contribution in [3.8, 4) is 11.5 Å². The van der Waals surface area contributed by atoms with Gasteiger partial charge >= 0.3 is 5.97 Å². The number of methoxy groups -OCH3 is 2. The third kappa shape index (κ3) is 3.77. The van der Waals surface area contributed by atoms with Gasteiger partial charge < -0.3 is 19.5 Å². The van der Waals surface area contributed by atoms with E-state index in [1.54, 1.807) is 19.1 Å². The minimum absolute atomic E-state index is 0.128. The predicted molar refractivity (Wildman–Crippen MR) is 93.8 cm³/mol. The number of hydrogen-bond donors (Lipinski definition) is 1. The molecule has 1 aromatic carbocycles. The third-order valence-electron chi connectivity index (χ3n) is 4.37. The molecule has 0 unspecified atom stereocenters. The summed E-state index contributed by atoms with van der Waals surface area (Å²) in [7, 11) is 3.22. The molecule has 7 nitrogen and oxygen atoms in total. The molecule has 0 aliphatic carbocycles. The molecule has 0 radical (unpaired) electrons. The average molecular weight is 356 g/mol. The SMILES string of the molecule is COc1cc(CC2CN(C(=O)c3cccc(C(=O)O)n3)C2)cc(OC)c1. The summed E-state index contributed by atoms with van der Waals surface area (Å²) in [6, 6.07) is 10.2. The van der Waals surface area contributed by atoms with Gasteiger partial charge in [0.2, 0.25) is 0 Å². The molecule has 1 aromatic heterocycles. The topological polar surface area (TPSA) is 89.0 Å². The second kappa shape index (κ2) is 7.43. The van der Waals surface area contributed by atoms with Crippen LogP contribution in [0.2, 0.25) is 0 Å². The molecule has 136 valence electrons. The number of pyridine rings is 1. The van der Waals surface area contributed by atoms with Crippen LogP contribution in [0.15, 0.2) is 36.4 Å². The Morgan fingerprint density at radius 1 is 1.12 bits per heavy atom. The monoisotopic (exact) mass is 356 g/mol. The quantitative estimate of drug-likeness (QED) is 0.853. The van der Waals surface area contributed by atoms with Gasteiger partial charge in [-0.05, 0) is 42.2 Å². The van der Waals surface area contributed by atoms with E-state index in [0.717, 1.165) is 23.5 Å². The Hall–Kier alpha value is -3.09. The molecule has 1 fully saturated rings. The van der Waals surface area contributed by atoms with E-state index in [4.69, 9.17) is 14.6 Å². The standard InChI is InChI=1S/C19H20N2O5/c1-25-14-7-12(8-15(9-14)26-2)6-13-10-21(11-13)18(22)16-4-3-5-17(20-16)19(23)24/h3-5,7-9,13H,6,10-11H2,1-2H3,(H,23,24). The van der Waals surface area contributed by atoms with Crippen LogP contribution in [0.4, 0.5) is 0 Å². The smallest absolute Gasteiger partial charge is 0.354 e. The highest BCUT2D eigenvalue weighted by Gasteiger charge is 2.32. The molecule has 3 rings (SSSR count). The second-order valence-corrected chi connectivity index (χ2v) is 6.21. The van der Waals surface area contributed by atoms with Crippen LogP contribution in [-0.4, -0.2) is 54.2 Å². The maximum Gasteiger partial charge on any atom is 0.354 e. The first-order valence-electron chi connectivity index (χ1n) is 8.21. The van der Waals surface area contributed by atoms with Crippen LogP contribution < -0.4 is 9.47 Å². The van der Waals surface area contributed by atoms with E-state index >= 15 is 0 Å². The van der Waals surface area contributed by atoms with Gasteiger partial charge in [-0.25, -0.2) is 9.78 Å². The molecular weight excluding hydrogens is 336 g/mol. The lowest BCUT2D eigenvalue weighted by molar-refractivity contribution is 0.0494. The van der Waals surface area contributed by atoms with Gasteiger partial charge in [-0.15, -0.1) is 0 Å². The minimum Gasteiger partial charge on any atom is -0.497 e. The van der Waals surface area contributed by atoms with Gasteiger partial charge in [0.25, 0.3) is 5.91 Å². The van der Waals surface area contributed by atoms with E-state index in [1.807, 2.05) is 18.2 Å². The van der Waals surface area contributed by atoms with Gasteiger partial charge in [0, 0.05) is 19.2 Å². The third-order valence-corrected chi connectivity index (χ3v) is 4.37. The fraction of sp³-hybridized carbons (Fsp3) is 0.316. The van der Waals surface area contributed by atoms with Crippen molar-refractivity contribution in [3.05, 3.63) is 53.3 Å². The Morgan fingerprint density at radius 3 is 2.31 bits per heavy atom. The van der Waals surface area contributed by atoms with E-state index in [-0.39, 0.29) is 17.3 Å². The molecular formula is C19H20N2O5. The first-order chi connectivity index (χ1) is 12.5. The second-order valence-electron chi connectivity index (χ2n) is 6.21. The van der Waals surface area contributed by atoms with E-state index in [9.17, 15) is 9.59 Å². The zero-order chi connectivity index (χ0) is 18.7. The van der Waals surface area contributed by atoms with Crippen molar-refractivity contribution < 1.29 is 24.2 Å². The summed E-state index contributed by atoms with van der Waals surface area (Å²) in [5.74, 6) is 0.418. The number of carboxylic acids is 1. The summed E-state index contributed by atoms with van der Waals surface area (Å²) < 4.78 is 10.6. The van der Waals surface area contributed by atoms with E-state index in [0.29, 0.717) is 19.0 Å². The highest BCUT2D eigenvalue weighted by molar-refractivity contribution is 5.94. The van der Waals surface area contributed by atoms with Crippen molar-refractivity contribution in [1.82, 2.24) is 9.88 Å². The number of amides is 1. The number of rotatable bonds is 6. The zero-order valence-electron chi connectivity index (χ0n) is 14.6. The molecule has 0 spiro atoms. The molecule has 0 bridgehead atoms. The van der Waals surface area contributed by atoms with Crippen LogP contribution in [0.5, 0.6) is 11.5 Å². The average Bonchev–Trinajstić information content (AvgIpc) is 2.63. The van der Waals surface area contributed by atoms with E-state index < -0.39 is 5.97 Å². The number of carbonyl (C=O) groups excluding carboxylic acids is 1. The van der Waals surface area contributed by atoms with Crippen molar-refractivity contribution in [2.45, 2.75) is 6.42 Å². The molecule has 1 amide bonds. The number of aromatic carboxylic acids is 1. The molecule has 1 aliphatic rings. The van der Waals surface area contributed by atoms with Crippen molar-refractivity contribution in [1.29, 1.82) is 0 Å².